The Balaban J connectivity index is 1.69. The molecule has 5 rings (SSSR count). The number of fused-ring (bicyclic) bond motifs is 3. The second kappa shape index (κ2) is 7.21. The fraction of sp³-hybridized carbons (Fsp3) is 0.273. The lowest BCUT2D eigenvalue weighted by Gasteiger charge is -2.33. The first-order valence-corrected chi connectivity index (χ1v) is 9.62. The number of aromatic nitrogens is 2. The van der Waals surface area contributed by atoms with Gasteiger partial charge in [-0.2, -0.15) is 5.10 Å². The average Bonchev–Trinajstić information content (AvgIpc) is 3.11. The van der Waals surface area contributed by atoms with Crippen molar-refractivity contribution < 1.29 is 17.6 Å². The maximum absolute atomic E-state index is 14.6. The van der Waals surface area contributed by atoms with Crippen molar-refractivity contribution in [3.05, 3.63) is 59.3 Å². The first kappa shape index (κ1) is 15.6. The third-order valence-corrected chi connectivity index (χ3v) is 5.30. The molecular weight excluding hydrogens is 388 g/mol. The molecule has 154 valence electrons. The Morgan fingerprint density at radius 2 is 2.07 bits per heavy atom. The van der Waals surface area contributed by atoms with Crippen LogP contribution in [0.3, 0.4) is 0 Å². The summed E-state index contributed by atoms with van der Waals surface area (Å²) < 4.78 is 58.4. The maximum Gasteiger partial charge on any atom is 0.144 e. The third-order valence-electron chi connectivity index (χ3n) is 5.30. The number of ether oxygens (including phenoxy) is 1. The van der Waals surface area contributed by atoms with Gasteiger partial charge in [-0.05, 0) is 44.1 Å². The fourth-order valence-corrected chi connectivity index (χ4v) is 3.84. The number of aromatic amines is 1. The first-order chi connectivity index (χ1) is 15.7. The molecule has 0 spiro atoms. The van der Waals surface area contributed by atoms with Crippen LogP contribution in [0.2, 0.25) is 0 Å². The van der Waals surface area contributed by atoms with Gasteiger partial charge in [-0.3, -0.25) is 5.10 Å². The second-order valence-electron chi connectivity index (χ2n) is 7.34. The SMILES string of the molecule is [2H]C([2H])([2H])c1n[nH]c2c1N=C(c1c(F)cccc1F)Nc1ccc(N3CCO[C@@H](C)C3)cc1-2. The first-order valence-electron chi connectivity index (χ1n) is 11.1. The van der Waals surface area contributed by atoms with Crippen LogP contribution < -0.4 is 10.2 Å². The van der Waals surface area contributed by atoms with Crippen molar-refractivity contribution in [3.63, 3.8) is 0 Å². The van der Waals surface area contributed by atoms with E-state index < -0.39 is 18.5 Å². The highest BCUT2D eigenvalue weighted by atomic mass is 19.1. The van der Waals surface area contributed by atoms with Crippen LogP contribution in [-0.2, 0) is 4.74 Å². The van der Waals surface area contributed by atoms with Crippen molar-refractivity contribution in [2.75, 3.05) is 29.9 Å². The normalized spacial score (nSPS) is 20.1. The molecule has 1 saturated heterocycles. The molecule has 0 unspecified atom stereocenters. The van der Waals surface area contributed by atoms with Gasteiger partial charge in [0, 0.05) is 34.1 Å². The number of aliphatic imine (C=N–C) groups is 1. The predicted molar refractivity (Wildman–Crippen MR) is 113 cm³/mol. The molecular formula is C22H21F2N5O. The van der Waals surface area contributed by atoms with Gasteiger partial charge in [0.2, 0.25) is 0 Å². The summed E-state index contributed by atoms with van der Waals surface area (Å²) in [6, 6.07) is 9.06. The fourth-order valence-electron chi connectivity index (χ4n) is 3.84. The van der Waals surface area contributed by atoms with E-state index in [1.54, 1.807) is 6.07 Å². The lowest BCUT2D eigenvalue weighted by Crippen LogP contribution is -2.41. The van der Waals surface area contributed by atoms with Gasteiger partial charge in [-0.15, -0.1) is 0 Å². The summed E-state index contributed by atoms with van der Waals surface area (Å²) in [5.41, 5.74) is 1.75. The Kier molecular flexibility index (Phi) is 3.74. The minimum Gasteiger partial charge on any atom is -0.375 e. The Morgan fingerprint density at radius 1 is 1.23 bits per heavy atom. The smallest absolute Gasteiger partial charge is 0.144 e. The summed E-state index contributed by atoms with van der Waals surface area (Å²) in [6.07, 6.45) is 0.0690. The van der Waals surface area contributed by atoms with Crippen LogP contribution in [0, 0.1) is 18.5 Å². The van der Waals surface area contributed by atoms with E-state index in [2.05, 4.69) is 25.4 Å². The van der Waals surface area contributed by atoms with Crippen LogP contribution >= 0.6 is 0 Å². The number of aryl methyl sites for hydroxylation is 1. The summed E-state index contributed by atoms with van der Waals surface area (Å²) in [4.78, 5) is 6.53. The van der Waals surface area contributed by atoms with Crippen LogP contribution in [0.25, 0.3) is 11.3 Å². The van der Waals surface area contributed by atoms with Crippen molar-refractivity contribution >= 4 is 22.9 Å². The number of anilines is 2. The number of morpholine rings is 1. The van der Waals surface area contributed by atoms with Gasteiger partial charge in [0.25, 0.3) is 0 Å². The van der Waals surface area contributed by atoms with E-state index in [9.17, 15) is 8.78 Å². The van der Waals surface area contributed by atoms with Crippen LogP contribution in [-0.4, -0.2) is 41.8 Å². The van der Waals surface area contributed by atoms with Crippen LogP contribution in [0.5, 0.6) is 0 Å². The number of halogens is 2. The van der Waals surface area contributed by atoms with Gasteiger partial charge in [0.1, 0.15) is 23.2 Å². The molecule has 0 bridgehead atoms. The van der Waals surface area contributed by atoms with Gasteiger partial charge in [0.15, 0.2) is 0 Å². The quantitative estimate of drug-likeness (QED) is 0.655. The summed E-state index contributed by atoms with van der Waals surface area (Å²) in [5, 5.41) is 9.78. The summed E-state index contributed by atoms with van der Waals surface area (Å²) in [6.45, 7) is 1.42. The van der Waals surface area contributed by atoms with E-state index in [1.807, 2.05) is 19.1 Å². The number of amidine groups is 1. The maximum atomic E-state index is 14.6. The van der Waals surface area contributed by atoms with Gasteiger partial charge < -0.3 is 15.0 Å². The number of rotatable bonds is 2. The van der Waals surface area contributed by atoms with Crippen molar-refractivity contribution in [2.24, 2.45) is 4.99 Å². The number of H-pyrrole nitrogens is 1. The highest BCUT2D eigenvalue weighted by Gasteiger charge is 2.25. The Morgan fingerprint density at radius 3 is 2.83 bits per heavy atom. The molecule has 8 heteroatoms. The van der Waals surface area contributed by atoms with E-state index in [0.717, 1.165) is 17.8 Å². The van der Waals surface area contributed by atoms with Gasteiger partial charge >= 0.3 is 0 Å². The zero-order valence-electron chi connectivity index (χ0n) is 19.2. The molecule has 6 nitrogen and oxygen atoms in total. The molecule has 0 radical (unpaired) electrons. The predicted octanol–water partition coefficient (Wildman–Crippen LogP) is 4.39. The second-order valence-corrected chi connectivity index (χ2v) is 7.34. The molecule has 2 aliphatic rings. The number of hydrogen-bond donors (Lipinski definition) is 2. The van der Waals surface area contributed by atoms with Crippen LogP contribution in [0.15, 0.2) is 41.4 Å². The molecule has 0 amide bonds. The minimum absolute atomic E-state index is 0.0198. The zero-order chi connectivity index (χ0) is 23.3. The highest BCUT2D eigenvalue weighted by Crippen LogP contribution is 2.41. The molecule has 1 atom stereocenters. The number of benzene rings is 2. The molecule has 3 heterocycles. The Labute approximate surface area is 176 Å². The highest BCUT2D eigenvalue weighted by molar-refractivity contribution is 6.13. The summed E-state index contributed by atoms with van der Waals surface area (Å²) in [7, 11) is 0. The van der Waals surface area contributed by atoms with Crippen LogP contribution in [0.4, 0.5) is 25.8 Å². The van der Waals surface area contributed by atoms with Gasteiger partial charge in [0.05, 0.1) is 29.7 Å². The average molecular weight is 412 g/mol. The standard InChI is InChI=1S/C22H21F2N5O/c1-12-11-29(8-9-30-12)14-6-7-18-15(10-14)21-20(13(2)27-28-21)26-22(25-18)19-16(23)4-3-5-17(19)24/h3-7,10,12H,8-9,11H2,1-2H3,(H,25,26)(H,27,28)/t12-/m0/s1/i2D3. The number of hydrogen-bond acceptors (Lipinski definition) is 5. The van der Waals surface area contributed by atoms with E-state index in [4.69, 9.17) is 8.85 Å². The third kappa shape index (κ3) is 3.13. The largest absolute Gasteiger partial charge is 0.375 e. The number of nitrogens with one attached hydrogen (secondary N) is 2. The lowest BCUT2D eigenvalue weighted by atomic mass is 10.1. The van der Waals surface area contributed by atoms with Crippen molar-refractivity contribution in [1.29, 1.82) is 0 Å². The van der Waals surface area contributed by atoms with Crippen LogP contribution in [0.1, 0.15) is 22.3 Å². The summed E-state index contributed by atoms with van der Waals surface area (Å²) in [5.74, 6) is -1.77. The molecule has 0 aliphatic carbocycles. The molecule has 2 aliphatic heterocycles. The molecule has 30 heavy (non-hydrogen) atoms. The van der Waals surface area contributed by atoms with E-state index in [0.29, 0.717) is 36.6 Å². The van der Waals surface area contributed by atoms with E-state index >= 15 is 0 Å². The van der Waals surface area contributed by atoms with Gasteiger partial charge in [-0.25, -0.2) is 13.8 Å². The van der Waals surface area contributed by atoms with E-state index in [1.165, 1.54) is 6.07 Å². The van der Waals surface area contributed by atoms with Gasteiger partial charge in [-0.1, -0.05) is 6.07 Å². The molecule has 1 fully saturated rings. The van der Waals surface area contributed by atoms with Crippen molar-refractivity contribution in [2.45, 2.75) is 19.9 Å². The molecule has 0 saturated carbocycles. The topological polar surface area (TPSA) is 65.5 Å². The minimum atomic E-state index is -2.58. The molecule has 2 N–H and O–H groups in total. The molecule has 1 aromatic heterocycles. The Hall–Kier alpha value is -3.26. The zero-order valence-corrected chi connectivity index (χ0v) is 16.2. The van der Waals surface area contributed by atoms with Crippen molar-refractivity contribution in [1.82, 2.24) is 10.2 Å². The molecule has 3 aromatic rings. The summed E-state index contributed by atoms with van der Waals surface area (Å²) >= 11 is 0. The lowest BCUT2D eigenvalue weighted by molar-refractivity contribution is 0.0532. The monoisotopic (exact) mass is 412 g/mol. The molecule has 2 aromatic carbocycles. The Bertz CT molecular complexity index is 1240. The van der Waals surface area contributed by atoms with Crippen molar-refractivity contribution in [3.8, 4) is 11.3 Å². The number of nitrogens with zero attached hydrogens (tertiary/aromatic N) is 3. The van der Waals surface area contributed by atoms with E-state index in [-0.39, 0.29) is 28.9 Å².